The van der Waals surface area contributed by atoms with Gasteiger partial charge in [-0.05, 0) is 43.2 Å². The highest BCUT2D eigenvalue weighted by Crippen LogP contribution is 2.27. The summed E-state index contributed by atoms with van der Waals surface area (Å²) in [6.07, 6.45) is 3.90. The van der Waals surface area contributed by atoms with Gasteiger partial charge in [0.25, 0.3) is 5.91 Å². The number of hydrogen-bond acceptors (Lipinski definition) is 3. The van der Waals surface area contributed by atoms with Gasteiger partial charge < -0.3 is 5.32 Å². The molecule has 1 aliphatic carbocycles. The van der Waals surface area contributed by atoms with Crippen molar-refractivity contribution in [2.24, 2.45) is 0 Å². The predicted molar refractivity (Wildman–Crippen MR) is 132 cm³/mol. The number of carbonyl (C=O) groups is 1. The number of nitrogens with zero attached hydrogens (tertiary/aromatic N) is 1. The summed E-state index contributed by atoms with van der Waals surface area (Å²) in [6, 6.07) is 15.3. The second kappa shape index (κ2) is 15.6. The lowest BCUT2D eigenvalue weighted by Gasteiger charge is -2.23. The molecule has 0 radical (unpaired) electrons. The fourth-order valence-electron chi connectivity index (χ4n) is 3.15. The monoisotopic (exact) mass is 448 g/mol. The maximum absolute atomic E-state index is 12.8. The van der Waals surface area contributed by atoms with Crippen LogP contribution in [-0.2, 0) is 10.0 Å². The number of anilines is 1. The van der Waals surface area contributed by atoms with Crippen LogP contribution in [0, 0.1) is 0 Å². The van der Waals surface area contributed by atoms with Crippen molar-refractivity contribution in [3.05, 3.63) is 60.2 Å². The number of para-hydroxylation sites is 1. The Balaban J connectivity index is 0.00000138. The number of rotatable bonds is 5. The molecule has 0 bridgehead atoms. The smallest absolute Gasteiger partial charge is 0.255 e. The summed E-state index contributed by atoms with van der Waals surface area (Å²) in [4.78, 5) is 12.6. The first-order valence-electron chi connectivity index (χ1n) is 11.4. The molecular formula is C25H40N2O3S. The largest absolute Gasteiger partial charge is 0.322 e. The van der Waals surface area contributed by atoms with Gasteiger partial charge in [0, 0.05) is 24.3 Å². The van der Waals surface area contributed by atoms with Crippen LogP contribution >= 0.6 is 0 Å². The van der Waals surface area contributed by atoms with Gasteiger partial charge in [-0.25, -0.2) is 8.42 Å². The summed E-state index contributed by atoms with van der Waals surface area (Å²) in [7, 11) is -1.97. The van der Waals surface area contributed by atoms with E-state index in [4.69, 9.17) is 0 Å². The SMILES string of the molecule is CC.CC.CC.CN(C1CCCC1)S(=O)(=O)c1cccc(C(=O)Nc2ccccc2)c1. The van der Waals surface area contributed by atoms with Crippen LogP contribution in [0.15, 0.2) is 59.5 Å². The molecule has 1 aliphatic rings. The van der Waals surface area contributed by atoms with E-state index < -0.39 is 10.0 Å². The van der Waals surface area contributed by atoms with E-state index in [1.807, 2.05) is 59.7 Å². The van der Waals surface area contributed by atoms with Crippen LogP contribution in [0.25, 0.3) is 0 Å². The van der Waals surface area contributed by atoms with Crippen molar-refractivity contribution in [1.29, 1.82) is 0 Å². The molecule has 0 unspecified atom stereocenters. The minimum atomic E-state index is -3.60. The van der Waals surface area contributed by atoms with E-state index >= 15 is 0 Å². The molecule has 0 spiro atoms. The average Bonchev–Trinajstić information content (AvgIpc) is 3.38. The molecule has 0 heterocycles. The molecule has 31 heavy (non-hydrogen) atoms. The molecule has 174 valence electrons. The molecule has 1 N–H and O–H groups in total. The number of amides is 1. The molecule has 5 nitrogen and oxygen atoms in total. The standard InChI is InChI=1S/C19H22N2O3S.3C2H6/c1-21(17-11-5-6-12-17)25(23,24)18-13-7-8-15(14-18)19(22)20-16-9-3-2-4-10-16;3*1-2/h2-4,7-10,13-14,17H,5-6,11-12H2,1H3,(H,20,22);3*1-2H3. The normalized spacial score (nSPS) is 13.0. The molecule has 0 aliphatic heterocycles. The summed E-state index contributed by atoms with van der Waals surface area (Å²) in [5.74, 6) is -0.327. The van der Waals surface area contributed by atoms with Gasteiger partial charge >= 0.3 is 0 Å². The number of benzene rings is 2. The maximum Gasteiger partial charge on any atom is 0.255 e. The topological polar surface area (TPSA) is 66.5 Å². The number of hydrogen-bond donors (Lipinski definition) is 1. The van der Waals surface area contributed by atoms with Crippen LogP contribution in [0.1, 0.15) is 77.6 Å². The van der Waals surface area contributed by atoms with E-state index in [0.717, 1.165) is 25.7 Å². The lowest BCUT2D eigenvalue weighted by molar-refractivity contribution is 0.102. The summed E-state index contributed by atoms with van der Waals surface area (Å²) in [6.45, 7) is 12.0. The Morgan fingerprint density at radius 3 is 1.97 bits per heavy atom. The summed E-state index contributed by atoms with van der Waals surface area (Å²) in [5.41, 5.74) is 0.994. The second-order valence-corrected chi connectivity index (χ2v) is 8.31. The molecule has 2 aromatic rings. The molecule has 1 fully saturated rings. The minimum Gasteiger partial charge on any atom is -0.322 e. The third-order valence-corrected chi connectivity index (χ3v) is 6.55. The van der Waals surface area contributed by atoms with Crippen molar-refractivity contribution in [2.75, 3.05) is 12.4 Å². The third kappa shape index (κ3) is 8.46. The molecule has 0 aromatic heterocycles. The molecule has 6 heteroatoms. The maximum atomic E-state index is 12.8. The molecule has 1 amide bonds. The Morgan fingerprint density at radius 2 is 1.42 bits per heavy atom. The fourth-order valence-corrected chi connectivity index (χ4v) is 4.62. The average molecular weight is 449 g/mol. The van der Waals surface area contributed by atoms with Crippen LogP contribution in [-0.4, -0.2) is 31.7 Å². The van der Waals surface area contributed by atoms with Crippen molar-refractivity contribution >= 4 is 21.6 Å². The van der Waals surface area contributed by atoms with Gasteiger partial charge in [0.15, 0.2) is 0 Å². The van der Waals surface area contributed by atoms with Crippen molar-refractivity contribution in [2.45, 2.75) is 78.2 Å². The zero-order valence-corrected chi connectivity index (χ0v) is 21.0. The van der Waals surface area contributed by atoms with E-state index in [0.29, 0.717) is 11.3 Å². The van der Waals surface area contributed by atoms with Crippen molar-refractivity contribution in [1.82, 2.24) is 4.31 Å². The van der Waals surface area contributed by atoms with Crippen LogP contribution in [0.5, 0.6) is 0 Å². The Bertz CT molecular complexity index is 846. The fraction of sp³-hybridized carbons (Fsp3) is 0.480. The molecule has 0 atom stereocenters. The molecule has 3 rings (SSSR count). The van der Waals surface area contributed by atoms with Crippen LogP contribution < -0.4 is 5.32 Å². The van der Waals surface area contributed by atoms with E-state index in [1.54, 1.807) is 37.4 Å². The van der Waals surface area contributed by atoms with Crippen molar-refractivity contribution < 1.29 is 13.2 Å². The zero-order chi connectivity index (χ0) is 23.9. The van der Waals surface area contributed by atoms with Crippen LogP contribution in [0.3, 0.4) is 0 Å². The Labute approximate surface area is 189 Å². The molecule has 1 saturated carbocycles. The van der Waals surface area contributed by atoms with Gasteiger partial charge in [-0.1, -0.05) is 78.6 Å². The minimum absolute atomic E-state index is 0.0480. The predicted octanol–water partition coefficient (Wildman–Crippen LogP) is 6.58. The van der Waals surface area contributed by atoms with E-state index in [9.17, 15) is 13.2 Å². The lowest BCUT2D eigenvalue weighted by Crippen LogP contribution is -2.35. The van der Waals surface area contributed by atoms with E-state index in [-0.39, 0.29) is 16.8 Å². The number of carbonyl (C=O) groups excluding carboxylic acids is 1. The van der Waals surface area contributed by atoms with Crippen LogP contribution in [0.2, 0.25) is 0 Å². The number of sulfonamides is 1. The van der Waals surface area contributed by atoms with Crippen molar-refractivity contribution in [3.63, 3.8) is 0 Å². The lowest BCUT2D eigenvalue weighted by atomic mass is 10.2. The second-order valence-electron chi connectivity index (χ2n) is 6.31. The highest BCUT2D eigenvalue weighted by atomic mass is 32.2. The first-order chi connectivity index (χ1) is 15.0. The Kier molecular flexibility index (Phi) is 14.5. The first kappa shape index (κ1) is 28.8. The quantitative estimate of drug-likeness (QED) is 0.562. The summed E-state index contributed by atoms with van der Waals surface area (Å²) < 4.78 is 27.1. The summed E-state index contributed by atoms with van der Waals surface area (Å²) >= 11 is 0. The van der Waals surface area contributed by atoms with E-state index in [1.165, 1.54) is 10.4 Å². The number of nitrogens with one attached hydrogen (secondary N) is 1. The van der Waals surface area contributed by atoms with Crippen LogP contribution in [0.4, 0.5) is 5.69 Å². The van der Waals surface area contributed by atoms with Gasteiger partial charge in [0.2, 0.25) is 10.0 Å². The highest BCUT2D eigenvalue weighted by Gasteiger charge is 2.30. The first-order valence-corrected chi connectivity index (χ1v) is 12.9. The van der Waals surface area contributed by atoms with Gasteiger partial charge in [0.1, 0.15) is 0 Å². The Morgan fingerprint density at radius 1 is 0.871 bits per heavy atom. The van der Waals surface area contributed by atoms with Gasteiger partial charge in [-0.15, -0.1) is 0 Å². The van der Waals surface area contributed by atoms with Crippen molar-refractivity contribution in [3.8, 4) is 0 Å². The third-order valence-electron chi connectivity index (χ3n) is 4.64. The van der Waals surface area contributed by atoms with Gasteiger partial charge in [0.05, 0.1) is 4.90 Å². The summed E-state index contributed by atoms with van der Waals surface area (Å²) in [5, 5.41) is 2.77. The van der Waals surface area contributed by atoms with Gasteiger partial charge in [-0.3, -0.25) is 4.79 Å². The zero-order valence-electron chi connectivity index (χ0n) is 20.2. The molecule has 0 saturated heterocycles. The Hall–Kier alpha value is -2.18. The van der Waals surface area contributed by atoms with E-state index in [2.05, 4.69) is 5.32 Å². The molecule has 2 aromatic carbocycles. The highest BCUT2D eigenvalue weighted by molar-refractivity contribution is 7.89. The van der Waals surface area contributed by atoms with Gasteiger partial charge in [-0.2, -0.15) is 4.31 Å². The molecular weight excluding hydrogens is 408 g/mol.